The van der Waals surface area contributed by atoms with E-state index in [2.05, 4.69) is 4.98 Å². The molecule has 0 aliphatic carbocycles. The first kappa shape index (κ1) is 11.8. The molecule has 0 fully saturated rings. The largest absolute Gasteiger partial charge is 0.390 e. The van der Waals surface area contributed by atoms with E-state index >= 15 is 0 Å². The fraction of sp³-hybridized carbons (Fsp3) is 0.214. The number of aromatic nitrogens is 1. The zero-order valence-corrected chi connectivity index (χ0v) is 9.40. The van der Waals surface area contributed by atoms with E-state index in [1.165, 1.54) is 0 Å². The molecule has 3 heteroatoms. The summed E-state index contributed by atoms with van der Waals surface area (Å²) in [6, 6.07) is 12.9. The lowest BCUT2D eigenvalue weighted by atomic mass is 9.99. The zero-order chi connectivity index (χ0) is 12.1. The van der Waals surface area contributed by atoms with Gasteiger partial charge in [0.2, 0.25) is 0 Å². The van der Waals surface area contributed by atoms with E-state index in [4.69, 9.17) is 0 Å². The van der Waals surface area contributed by atoms with Gasteiger partial charge in [-0.1, -0.05) is 30.3 Å². The second-order valence-corrected chi connectivity index (χ2v) is 3.98. The average Bonchev–Trinajstić information content (AvgIpc) is 2.40. The highest BCUT2D eigenvalue weighted by atomic mass is 16.3. The predicted molar refractivity (Wildman–Crippen MR) is 65.3 cm³/mol. The lowest BCUT2D eigenvalue weighted by Gasteiger charge is -2.18. The first-order valence-corrected chi connectivity index (χ1v) is 5.57. The standard InChI is InChI=1S/C14H15NO2/c16-13(10-11-6-8-15-9-7-11)14(17)12-4-2-1-3-5-12/h1-9,13-14,16-17H,10H2. The van der Waals surface area contributed by atoms with Crippen molar-refractivity contribution in [3.8, 4) is 0 Å². The van der Waals surface area contributed by atoms with E-state index in [1.54, 1.807) is 24.5 Å². The molecule has 2 unspecified atom stereocenters. The smallest absolute Gasteiger partial charge is 0.105 e. The topological polar surface area (TPSA) is 53.4 Å². The maximum absolute atomic E-state index is 9.98. The number of hydrogen-bond donors (Lipinski definition) is 2. The van der Waals surface area contributed by atoms with Gasteiger partial charge in [-0.05, 0) is 23.3 Å². The van der Waals surface area contributed by atoms with E-state index in [1.807, 2.05) is 30.3 Å². The summed E-state index contributed by atoms with van der Waals surface area (Å²) in [5.41, 5.74) is 1.69. The van der Waals surface area contributed by atoms with E-state index in [0.717, 1.165) is 11.1 Å². The molecule has 17 heavy (non-hydrogen) atoms. The molecule has 0 bridgehead atoms. The molecule has 2 N–H and O–H groups in total. The number of nitrogens with zero attached hydrogens (tertiary/aromatic N) is 1. The molecule has 1 aromatic heterocycles. The Bertz CT molecular complexity index is 444. The molecule has 0 spiro atoms. The number of pyridine rings is 1. The molecule has 2 atom stereocenters. The normalized spacial score (nSPS) is 14.2. The molecule has 88 valence electrons. The highest BCUT2D eigenvalue weighted by Gasteiger charge is 2.18. The molecule has 0 aliphatic heterocycles. The zero-order valence-electron chi connectivity index (χ0n) is 9.40. The lowest BCUT2D eigenvalue weighted by Crippen LogP contribution is -2.20. The molecule has 3 nitrogen and oxygen atoms in total. The molecular formula is C14H15NO2. The molecule has 0 saturated heterocycles. The summed E-state index contributed by atoms with van der Waals surface area (Å²) in [5, 5.41) is 19.9. The van der Waals surface area contributed by atoms with Gasteiger partial charge in [-0.3, -0.25) is 4.98 Å². The Morgan fingerprint density at radius 2 is 1.59 bits per heavy atom. The predicted octanol–water partition coefficient (Wildman–Crippen LogP) is 1.72. The Kier molecular flexibility index (Phi) is 3.85. The van der Waals surface area contributed by atoms with Gasteiger partial charge >= 0.3 is 0 Å². The highest BCUT2D eigenvalue weighted by molar-refractivity contribution is 5.20. The van der Waals surface area contributed by atoms with Gasteiger partial charge in [-0.25, -0.2) is 0 Å². The Balaban J connectivity index is 2.03. The third-order valence-electron chi connectivity index (χ3n) is 2.70. The summed E-state index contributed by atoms with van der Waals surface area (Å²) in [5.74, 6) is 0. The fourth-order valence-corrected chi connectivity index (χ4v) is 1.74. The van der Waals surface area contributed by atoms with Crippen LogP contribution in [0.1, 0.15) is 17.2 Å². The van der Waals surface area contributed by atoms with Crippen molar-refractivity contribution in [1.29, 1.82) is 0 Å². The first-order chi connectivity index (χ1) is 8.27. The summed E-state index contributed by atoms with van der Waals surface area (Å²) in [7, 11) is 0. The minimum atomic E-state index is -0.857. The van der Waals surface area contributed by atoms with Crippen molar-refractivity contribution < 1.29 is 10.2 Å². The van der Waals surface area contributed by atoms with Crippen LogP contribution in [0.2, 0.25) is 0 Å². The molecule has 0 radical (unpaired) electrons. The second-order valence-electron chi connectivity index (χ2n) is 3.98. The average molecular weight is 229 g/mol. The van der Waals surface area contributed by atoms with Crippen LogP contribution in [0.5, 0.6) is 0 Å². The minimum absolute atomic E-state index is 0.415. The monoisotopic (exact) mass is 229 g/mol. The number of benzene rings is 1. The van der Waals surface area contributed by atoms with E-state index in [9.17, 15) is 10.2 Å². The van der Waals surface area contributed by atoms with E-state index in [0.29, 0.717) is 6.42 Å². The van der Waals surface area contributed by atoms with Crippen molar-refractivity contribution in [3.05, 3.63) is 66.0 Å². The van der Waals surface area contributed by atoms with Crippen LogP contribution in [0.15, 0.2) is 54.9 Å². The Morgan fingerprint density at radius 3 is 2.24 bits per heavy atom. The first-order valence-electron chi connectivity index (χ1n) is 5.57. The second kappa shape index (κ2) is 5.57. The quantitative estimate of drug-likeness (QED) is 0.839. The van der Waals surface area contributed by atoms with Gasteiger partial charge in [-0.15, -0.1) is 0 Å². The van der Waals surface area contributed by atoms with Crippen molar-refractivity contribution >= 4 is 0 Å². The molecule has 1 heterocycles. The van der Waals surface area contributed by atoms with Crippen LogP contribution in [0.3, 0.4) is 0 Å². The number of hydrogen-bond acceptors (Lipinski definition) is 3. The van der Waals surface area contributed by atoms with Gasteiger partial charge in [-0.2, -0.15) is 0 Å². The Labute approximate surface area is 100 Å². The van der Waals surface area contributed by atoms with Crippen LogP contribution in [0.25, 0.3) is 0 Å². The maximum Gasteiger partial charge on any atom is 0.105 e. The molecule has 0 amide bonds. The Morgan fingerprint density at radius 1 is 0.941 bits per heavy atom. The van der Waals surface area contributed by atoms with Gasteiger partial charge < -0.3 is 10.2 Å². The summed E-state index contributed by atoms with van der Waals surface area (Å²) >= 11 is 0. The Hall–Kier alpha value is -1.71. The maximum atomic E-state index is 9.98. The van der Waals surface area contributed by atoms with Gasteiger partial charge in [0, 0.05) is 18.8 Å². The molecule has 2 rings (SSSR count). The SMILES string of the molecule is OC(Cc1ccncc1)C(O)c1ccccc1. The van der Waals surface area contributed by atoms with Crippen LogP contribution < -0.4 is 0 Å². The van der Waals surface area contributed by atoms with Crippen molar-refractivity contribution in [2.75, 3.05) is 0 Å². The van der Waals surface area contributed by atoms with Gasteiger partial charge in [0.15, 0.2) is 0 Å². The minimum Gasteiger partial charge on any atom is -0.390 e. The summed E-state index contributed by atoms with van der Waals surface area (Å²) in [6.45, 7) is 0. The van der Waals surface area contributed by atoms with Crippen LogP contribution in [0.4, 0.5) is 0 Å². The molecule has 1 aromatic carbocycles. The summed E-state index contributed by atoms with van der Waals surface area (Å²) in [4.78, 5) is 3.91. The van der Waals surface area contributed by atoms with Crippen LogP contribution >= 0.6 is 0 Å². The third kappa shape index (κ3) is 3.12. The number of aliphatic hydroxyl groups is 2. The summed E-state index contributed by atoms with van der Waals surface area (Å²) < 4.78 is 0. The molecule has 0 aliphatic rings. The van der Waals surface area contributed by atoms with Crippen molar-refractivity contribution in [3.63, 3.8) is 0 Å². The van der Waals surface area contributed by atoms with Gasteiger partial charge in [0.25, 0.3) is 0 Å². The highest BCUT2D eigenvalue weighted by Crippen LogP contribution is 2.19. The van der Waals surface area contributed by atoms with Crippen molar-refractivity contribution in [2.45, 2.75) is 18.6 Å². The number of rotatable bonds is 4. The molecule has 2 aromatic rings. The van der Waals surface area contributed by atoms with Gasteiger partial charge in [0.05, 0.1) is 6.10 Å². The van der Waals surface area contributed by atoms with E-state index < -0.39 is 12.2 Å². The van der Waals surface area contributed by atoms with Crippen molar-refractivity contribution in [2.24, 2.45) is 0 Å². The molecular weight excluding hydrogens is 214 g/mol. The van der Waals surface area contributed by atoms with E-state index in [-0.39, 0.29) is 0 Å². The van der Waals surface area contributed by atoms with Crippen LogP contribution in [-0.2, 0) is 6.42 Å². The van der Waals surface area contributed by atoms with Crippen LogP contribution in [-0.4, -0.2) is 21.3 Å². The van der Waals surface area contributed by atoms with Crippen molar-refractivity contribution in [1.82, 2.24) is 4.98 Å². The number of aliphatic hydroxyl groups excluding tert-OH is 2. The molecule has 0 saturated carbocycles. The van der Waals surface area contributed by atoms with Gasteiger partial charge in [0.1, 0.15) is 6.10 Å². The summed E-state index contributed by atoms with van der Waals surface area (Å²) in [6.07, 6.45) is 2.11. The van der Waals surface area contributed by atoms with Crippen LogP contribution in [0, 0.1) is 0 Å². The third-order valence-corrected chi connectivity index (χ3v) is 2.70. The fourth-order valence-electron chi connectivity index (χ4n) is 1.74. The lowest BCUT2D eigenvalue weighted by molar-refractivity contribution is 0.0189.